The number of amides is 1. The summed E-state index contributed by atoms with van der Waals surface area (Å²) in [7, 11) is 0. The minimum absolute atomic E-state index is 0.0363. The van der Waals surface area contributed by atoms with E-state index < -0.39 is 0 Å². The maximum atomic E-state index is 13.2. The molecule has 0 aliphatic carbocycles. The van der Waals surface area contributed by atoms with Crippen LogP contribution in [0.5, 0.6) is 0 Å². The molecule has 1 amide bonds. The molecule has 0 radical (unpaired) electrons. The van der Waals surface area contributed by atoms with Crippen molar-refractivity contribution in [3.8, 4) is 0 Å². The molecule has 7 heteroatoms. The lowest BCUT2D eigenvalue weighted by atomic mass is 9.93. The van der Waals surface area contributed by atoms with Gasteiger partial charge in [0.2, 0.25) is 0 Å². The highest BCUT2D eigenvalue weighted by Crippen LogP contribution is 2.28. The van der Waals surface area contributed by atoms with E-state index in [4.69, 9.17) is 23.2 Å². The Balaban J connectivity index is 1.69. The molecule has 2 aromatic carbocycles. The number of aromatic nitrogens is 3. The van der Waals surface area contributed by atoms with Crippen molar-refractivity contribution in [2.24, 2.45) is 0 Å². The van der Waals surface area contributed by atoms with E-state index in [1.807, 2.05) is 17.0 Å². The van der Waals surface area contributed by atoms with Crippen molar-refractivity contribution in [1.82, 2.24) is 19.7 Å². The quantitative estimate of drug-likeness (QED) is 0.686. The van der Waals surface area contributed by atoms with E-state index in [0.717, 1.165) is 12.0 Å². The van der Waals surface area contributed by atoms with E-state index in [2.05, 4.69) is 22.2 Å². The number of benzene rings is 2. The Morgan fingerprint density at radius 3 is 2.69 bits per heavy atom. The summed E-state index contributed by atoms with van der Waals surface area (Å²) in [6.07, 6.45) is 3.92. The third-order valence-corrected chi connectivity index (χ3v) is 5.19. The molecule has 0 bridgehead atoms. The highest BCUT2D eigenvalue weighted by atomic mass is 35.5. The number of carbonyl (C=O) groups is 1. The summed E-state index contributed by atoms with van der Waals surface area (Å²) in [5, 5.41) is 5.06. The van der Waals surface area contributed by atoms with Crippen molar-refractivity contribution in [3.63, 3.8) is 0 Å². The van der Waals surface area contributed by atoms with Gasteiger partial charge < -0.3 is 4.90 Å². The van der Waals surface area contributed by atoms with Gasteiger partial charge in [-0.3, -0.25) is 9.48 Å². The molecule has 26 heavy (non-hydrogen) atoms. The van der Waals surface area contributed by atoms with Crippen LogP contribution < -0.4 is 0 Å². The summed E-state index contributed by atoms with van der Waals surface area (Å²) < 4.78 is 1.75. The van der Waals surface area contributed by atoms with Crippen LogP contribution in [-0.4, -0.2) is 31.6 Å². The number of hydrogen-bond acceptors (Lipinski definition) is 3. The fourth-order valence-corrected chi connectivity index (χ4v) is 3.84. The predicted octanol–water partition coefficient (Wildman–Crippen LogP) is 3.85. The lowest BCUT2D eigenvalue weighted by Gasteiger charge is -2.37. The highest BCUT2D eigenvalue weighted by Gasteiger charge is 2.31. The van der Waals surface area contributed by atoms with Gasteiger partial charge in [-0.15, -0.1) is 0 Å². The molecule has 0 fully saturated rings. The Hall–Kier alpha value is -2.37. The number of fused-ring (bicyclic) bond motifs is 1. The maximum Gasteiger partial charge on any atom is 0.255 e. The van der Waals surface area contributed by atoms with Gasteiger partial charge in [0.25, 0.3) is 5.91 Å². The zero-order chi connectivity index (χ0) is 18.1. The fourth-order valence-electron chi connectivity index (χ4n) is 3.35. The minimum atomic E-state index is -0.105. The first kappa shape index (κ1) is 17.1. The normalized spacial score (nSPS) is 16.4. The zero-order valence-electron chi connectivity index (χ0n) is 13.8. The molecule has 1 atom stereocenters. The maximum absolute atomic E-state index is 13.2. The second kappa shape index (κ2) is 7.09. The molecule has 1 aliphatic rings. The van der Waals surface area contributed by atoms with Crippen molar-refractivity contribution in [2.45, 2.75) is 25.6 Å². The van der Waals surface area contributed by atoms with Crippen molar-refractivity contribution < 1.29 is 4.79 Å². The first-order valence-electron chi connectivity index (χ1n) is 8.27. The average Bonchev–Trinajstić information content (AvgIpc) is 3.14. The van der Waals surface area contributed by atoms with E-state index in [0.29, 0.717) is 28.7 Å². The van der Waals surface area contributed by atoms with Crippen LogP contribution in [0.25, 0.3) is 0 Å². The van der Waals surface area contributed by atoms with Gasteiger partial charge in [-0.2, -0.15) is 5.10 Å². The van der Waals surface area contributed by atoms with Crippen LogP contribution in [0.4, 0.5) is 0 Å². The van der Waals surface area contributed by atoms with Crippen LogP contribution in [0.2, 0.25) is 10.0 Å². The third-order valence-electron chi connectivity index (χ3n) is 4.64. The Morgan fingerprint density at radius 2 is 1.96 bits per heavy atom. The Kier molecular flexibility index (Phi) is 4.66. The molecule has 1 aromatic heterocycles. The second-order valence-electron chi connectivity index (χ2n) is 6.30. The molecular formula is C19H16Cl2N4O. The summed E-state index contributed by atoms with van der Waals surface area (Å²) in [5.74, 6) is -0.105. The van der Waals surface area contributed by atoms with Gasteiger partial charge in [0.05, 0.1) is 23.2 Å². The topological polar surface area (TPSA) is 51.0 Å². The van der Waals surface area contributed by atoms with E-state index in [1.54, 1.807) is 29.2 Å². The van der Waals surface area contributed by atoms with Gasteiger partial charge in [0.1, 0.15) is 12.7 Å². The standard InChI is InChI=1S/C19H16Cl2N4O/c20-15-5-6-17(18(21)8-15)19(26)25-9-14-4-2-1-3-13(14)7-16(25)10-24-12-22-11-23-24/h1-6,8,11-12,16H,7,9-10H2. The molecular weight excluding hydrogens is 371 g/mol. The summed E-state index contributed by atoms with van der Waals surface area (Å²) in [6.45, 7) is 1.11. The Labute approximate surface area is 161 Å². The van der Waals surface area contributed by atoms with Crippen molar-refractivity contribution in [1.29, 1.82) is 0 Å². The Morgan fingerprint density at radius 1 is 1.15 bits per heavy atom. The largest absolute Gasteiger partial charge is 0.329 e. The van der Waals surface area contributed by atoms with Gasteiger partial charge in [-0.1, -0.05) is 47.5 Å². The van der Waals surface area contributed by atoms with Gasteiger partial charge in [0.15, 0.2) is 0 Å². The first-order chi connectivity index (χ1) is 12.6. The smallest absolute Gasteiger partial charge is 0.255 e. The van der Waals surface area contributed by atoms with Crippen molar-refractivity contribution >= 4 is 29.1 Å². The van der Waals surface area contributed by atoms with Crippen LogP contribution in [0, 0.1) is 0 Å². The molecule has 3 aromatic rings. The number of halogens is 2. The molecule has 4 rings (SSSR count). The number of carbonyl (C=O) groups excluding carboxylic acids is 1. The lowest BCUT2D eigenvalue weighted by Crippen LogP contribution is -2.46. The molecule has 5 nitrogen and oxygen atoms in total. The molecule has 2 heterocycles. The van der Waals surface area contributed by atoms with E-state index in [-0.39, 0.29) is 11.9 Å². The van der Waals surface area contributed by atoms with Crippen molar-refractivity contribution in [3.05, 3.63) is 81.9 Å². The predicted molar refractivity (Wildman–Crippen MR) is 100 cm³/mol. The summed E-state index contributed by atoms with van der Waals surface area (Å²) in [5.41, 5.74) is 2.86. The number of nitrogens with zero attached hydrogens (tertiary/aromatic N) is 4. The lowest BCUT2D eigenvalue weighted by molar-refractivity contribution is 0.0614. The number of hydrogen-bond donors (Lipinski definition) is 0. The number of rotatable bonds is 3. The summed E-state index contributed by atoms with van der Waals surface area (Å²) in [6, 6.07) is 13.1. The summed E-state index contributed by atoms with van der Waals surface area (Å²) in [4.78, 5) is 19.1. The highest BCUT2D eigenvalue weighted by molar-refractivity contribution is 6.36. The fraction of sp³-hybridized carbons (Fsp3) is 0.211. The molecule has 0 N–H and O–H groups in total. The van der Waals surface area contributed by atoms with Crippen LogP contribution >= 0.6 is 23.2 Å². The SMILES string of the molecule is O=C(c1ccc(Cl)cc1Cl)N1Cc2ccccc2CC1Cn1cncn1. The molecule has 0 saturated carbocycles. The molecule has 0 spiro atoms. The molecule has 132 valence electrons. The molecule has 0 saturated heterocycles. The van der Waals surface area contributed by atoms with Crippen LogP contribution in [0.1, 0.15) is 21.5 Å². The molecule has 1 aliphatic heterocycles. The zero-order valence-corrected chi connectivity index (χ0v) is 15.4. The minimum Gasteiger partial charge on any atom is -0.329 e. The summed E-state index contributed by atoms with van der Waals surface area (Å²) >= 11 is 12.2. The van der Waals surface area contributed by atoms with Gasteiger partial charge in [-0.05, 0) is 35.7 Å². The third kappa shape index (κ3) is 3.32. The van der Waals surface area contributed by atoms with Crippen LogP contribution in [-0.2, 0) is 19.5 Å². The van der Waals surface area contributed by atoms with E-state index in [1.165, 1.54) is 11.9 Å². The van der Waals surface area contributed by atoms with E-state index in [9.17, 15) is 4.79 Å². The van der Waals surface area contributed by atoms with Gasteiger partial charge >= 0.3 is 0 Å². The van der Waals surface area contributed by atoms with E-state index >= 15 is 0 Å². The average molecular weight is 387 g/mol. The Bertz CT molecular complexity index is 942. The monoisotopic (exact) mass is 386 g/mol. The van der Waals surface area contributed by atoms with Crippen molar-refractivity contribution in [2.75, 3.05) is 0 Å². The van der Waals surface area contributed by atoms with Crippen LogP contribution in [0.3, 0.4) is 0 Å². The molecule has 1 unspecified atom stereocenters. The first-order valence-corrected chi connectivity index (χ1v) is 9.02. The van der Waals surface area contributed by atoms with Gasteiger partial charge in [-0.25, -0.2) is 4.98 Å². The van der Waals surface area contributed by atoms with Crippen LogP contribution in [0.15, 0.2) is 55.1 Å². The second-order valence-corrected chi connectivity index (χ2v) is 7.15. The van der Waals surface area contributed by atoms with Gasteiger partial charge in [0, 0.05) is 11.6 Å².